The molecule has 0 heterocycles. The minimum atomic E-state index is -0.301. The first-order valence-electron chi connectivity index (χ1n) is 6.76. The van der Waals surface area contributed by atoms with Crippen LogP contribution < -0.4 is 0 Å². The van der Waals surface area contributed by atoms with Gasteiger partial charge in [0.05, 0.1) is 19.1 Å². The number of amides is 1. The van der Waals surface area contributed by atoms with E-state index in [1.54, 1.807) is 11.8 Å². The average molecular weight is 266 g/mol. The van der Waals surface area contributed by atoms with Gasteiger partial charge in [0.15, 0.2) is 0 Å². The van der Waals surface area contributed by atoms with Crippen LogP contribution >= 0.6 is 0 Å². The van der Waals surface area contributed by atoms with E-state index >= 15 is 0 Å². The van der Waals surface area contributed by atoms with E-state index in [0.29, 0.717) is 13.2 Å². The third-order valence-corrected chi connectivity index (χ3v) is 3.93. The van der Waals surface area contributed by atoms with E-state index in [0.717, 1.165) is 12.8 Å². The van der Waals surface area contributed by atoms with Crippen molar-refractivity contribution < 1.29 is 14.3 Å². The van der Waals surface area contributed by atoms with Crippen LogP contribution in [0.3, 0.4) is 0 Å². The molecule has 1 atom stereocenters. The molecule has 19 heavy (non-hydrogen) atoms. The highest BCUT2D eigenvalue weighted by atomic mass is 16.5. The molecule has 1 unspecified atom stereocenters. The lowest BCUT2D eigenvalue weighted by atomic mass is 9.98. The van der Waals surface area contributed by atoms with Crippen LogP contribution in [0.1, 0.15) is 46.5 Å². The van der Waals surface area contributed by atoms with E-state index < -0.39 is 0 Å². The smallest absolute Gasteiger partial charge is 0.307 e. The average Bonchev–Trinajstić information content (AvgIpc) is 3.09. The Morgan fingerprint density at radius 3 is 2.58 bits per heavy atom. The van der Waals surface area contributed by atoms with Gasteiger partial charge in [0.1, 0.15) is 6.42 Å². The Kier molecular flexibility index (Phi) is 5.34. The molecule has 1 amide bonds. The molecule has 1 aliphatic rings. The summed E-state index contributed by atoms with van der Waals surface area (Å²) in [5.74, 6) is -0.502. The van der Waals surface area contributed by atoms with Crippen LogP contribution in [0, 0.1) is 16.7 Å². The zero-order chi connectivity index (χ0) is 14.5. The number of carbonyl (C=O) groups excluding carboxylic acids is 2. The minimum Gasteiger partial charge on any atom is -0.466 e. The molecular formula is C14H22N2O3. The summed E-state index contributed by atoms with van der Waals surface area (Å²) in [7, 11) is 0. The van der Waals surface area contributed by atoms with Gasteiger partial charge < -0.3 is 9.64 Å². The first-order chi connectivity index (χ1) is 8.94. The number of carbonyl (C=O) groups is 2. The Morgan fingerprint density at radius 1 is 1.47 bits per heavy atom. The molecular weight excluding hydrogens is 244 g/mol. The SMILES string of the molecule is CCOC(=O)CCN(C(=O)CC#N)C(C)C1(C)CC1. The van der Waals surface area contributed by atoms with Crippen LogP contribution in [-0.2, 0) is 14.3 Å². The summed E-state index contributed by atoms with van der Waals surface area (Å²) in [5, 5.41) is 8.66. The van der Waals surface area contributed by atoms with Crippen LogP contribution in [0.2, 0.25) is 0 Å². The monoisotopic (exact) mass is 266 g/mol. The van der Waals surface area contributed by atoms with Gasteiger partial charge in [-0.15, -0.1) is 0 Å². The molecule has 5 nitrogen and oxygen atoms in total. The zero-order valence-electron chi connectivity index (χ0n) is 11.9. The van der Waals surface area contributed by atoms with E-state index in [1.807, 2.05) is 13.0 Å². The van der Waals surface area contributed by atoms with Crippen molar-refractivity contribution >= 4 is 11.9 Å². The molecule has 0 radical (unpaired) electrons. The van der Waals surface area contributed by atoms with E-state index in [2.05, 4.69) is 6.92 Å². The predicted molar refractivity (Wildman–Crippen MR) is 70.0 cm³/mol. The Balaban J connectivity index is 2.62. The maximum absolute atomic E-state index is 12.0. The summed E-state index contributed by atoms with van der Waals surface area (Å²) in [5.41, 5.74) is 0.139. The Labute approximate surface area is 114 Å². The van der Waals surface area contributed by atoms with Crippen molar-refractivity contribution in [3.05, 3.63) is 0 Å². The molecule has 0 aromatic carbocycles. The van der Waals surface area contributed by atoms with Crippen molar-refractivity contribution in [3.8, 4) is 6.07 Å². The number of hydrogen-bond donors (Lipinski definition) is 0. The number of ether oxygens (including phenoxy) is 1. The topological polar surface area (TPSA) is 70.4 Å². The minimum absolute atomic E-state index is 0.0581. The van der Waals surface area contributed by atoms with Gasteiger partial charge in [-0.05, 0) is 32.1 Å². The highest BCUT2D eigenvalue weighted by Crippen LogP contribution is 2.49. The van der Waals surface area contributed by atoms with Gasteiger partial charge in [-0.2, -0.15) is 5.26 Å². The second-order valence-corrected chi connectivity index (χ2v) is 5.31. The number of rotatable bonds is 7. The van der Waals surface area contributed by atoms with Crippen molar-refractivity contribution in [1.82, 2.24) is 4.90 Å². The van der Waals surface area contributed by atoms with Gasteiger partial charge in [-0.25, -0.2) is 0 Å². The molecule has 1 rings (SSSR count). The molecule has 106 valence electrons. The summed E-state index contributed by atoms with van der Waals surface area (Å²) in [6.45, 7) is 6.56. The summed E-state index contributed by atoms with van der Waals surface area (Å²) in [6.07, 6.45) is 2.22. The standard InChI is InChI=1S/C14H22N2O3/c1-4-19-13(18)6-10-16(12(17)5-9-15)11(2)14(3)7-8-14/h11H,4-8,10H2,1-3H3. The Morgan fingerprint density at radius 2 is 2.11 bits per heavy atom. The van der Waals surface area contributed by atoms with Gasteiger partial charge in [0.25, 0.3) is 0 Å². The summed E-state index contributed by atoms with van der Waals surface area (Å²) in [4.78, 5) is 25.0. The molecule has 0 aromatic heterocycles. The molecule has 1 saturated carbocycles. The maximum Gasteiger partial charge on any atom is 0.307 e. The van der Waals surface area contributed by atoms with Crippen molar-refractivity contribution in [2.45, 2.75) is 52.5 Å². The van der Waals surface area contributed by atoms with Crippen LogP contribution in [0.4, 0.5) is 0 Å². The second kappa shape index (κ2) is 6.55. The number of nitriles is 1. The first-order valence-corrected chi connectivity index (χ1v) is 6.76. The lowest BCUT2D eigenvalue weighted by Gasteiger charge is -2.33. The van der Waals surface area contributed by atoms with Gasteiger partial charge in [0, 0.05) is 12.6 Å². The molecule has 0 bridgehead atoms. The lowest BCUT2D eigenvalue weighted by molar-refractivity contribution is -0.144. The maximum atomic E-state index is 12.0. The molecule has 0 aliphatic heterocycles. The quantitative estimate of drug-likeness (QED) is 0.659. The number of hydrogen-bond acceptors (Lipinski definition) is 4. The van der Waals surface area contributed by atoms with Crippen molar-refractivity contribution in [1.29, 1.82) is 5.26 Å². The van der Waals surface area contributed by atoms with Gasteiger partial charge in [-0.3, -0.25) is 9.59 Å². The molecule has 1 fully saturated rings. The fourth-order valence-electron chi connectivity index (χ4n) is 2.14. The van der Waals surface area contributed by atoms with Gasteiger partial charge in [-0.1, -0.05) is 6.92 Å². The van der Waals surface area contributed by atoms with Crippen LogP contribution in [0.25, 0.3) is 0 Å². The van der Waals surface area contributed by atoms with Crippen LogP contribution in [-0.4, -0.2) is 36.0 Å². The van der Waals surface area contributed by atoms with Crippen molar-refractivity contribution in [3.63, 3.8) is 0 Å². The Bertz CT molecular complexity index is 383. The molecule has 0 saturated heterocycles. The van der Waals surface area contributed by atoms with E-state index in [1.165, 1.54) is 0 Å². The fraction of sp³-hybridized carbons (Fsp3) is 0.786. The number of esters is 1. The molecule has 1 aliphatic carbocycles. The molecule has 0 spiro atoms. The largest absolute Gasteiger partial charge is 0.466 e. The van der Waals surface area contributed by atoms with E-state index in [-0.39, 0.29) is 36.2 Å². The molecule has 0 N–H and O–H groups in total. The normalized spacial score (nSPS) is 17.2. The highest BCUT2D eigenvalue weighted by Gasteiger charge is 2.46. The highest BCUT2D eigenvalue weighted by molar-refractivity contribution is 5.79. The first kappa shape index (κ1) is 15.5. The van der Waals surface area contributed by atoms with Gasteiger partial charge >= 0.3 is 5.97 Å². The van der Waals surface area contributed by atoms with Crippen molar-refractivity contribution in [2.24, 2.45) is 5.41 Å². The molecule has 0 aromatic rings. The third kappa shape index (κ3) is 4.23. The lowest BCUT2D eigenvalue weighted by Crippen LogP contribution is -2.44. The summed E-state index contributed by atoms with van der Waals surface area (Å²) < 4.78 is 4.87. The summed E-state index contributed by atoms with van der Waals surface area (Å²) >= 11 is 0. The Hall–Kier alpha value is -1.57. The number of nitrogens with zero attached hydrogens (tertiary/aromatic N) is 2. The van der Waals surface area contributed by atoms with Gasteiger partial charge in [0.2, 0.25) is 5.91 Å². The van der Waals surface area contributed by atoms with E-state index in [4.69, 9.17) is 10.00 Å². The molecule has 5 heteroatoms. The zero-order valence-corrected chi connectivity index (χ0v) is 11.9. The van der Waals surface area contributed by atoms with Crippen LogP contribution in [0.5, 0.6) is 0 Å². The van der Waals surface area contributed by atoms with E-state index in [9.17, 15) is 9.59 Å². The predicted octanol–water partition coefficient (Wildman–Crippen LogP) is 1.87. The third-order valence-electron chi connectivity index (χ3n) is 3.93. The van der Waals surface area contributed by atoms with Crippen LogP contribution in [0.15, 0.2) is 0 Å². The summed E-state index contributed by atoms with van der Waals surface area (Å²) in [6, 6.07) is 1.94. The fourth-order valence-corrected chi connectivity index (χ4v) is 2.14. The van der Waals surface area contributed by atoms with Crippen molar-refractivity contribution in [2.75, 3.05) is 13.2 Å². The second-order valence-electron chi connectivity index (χ2n) is 5.31.